The van der Waals surface area contributed by atoms with Gasteiger partial charge in [0, 0.05) is 23.2 Å². The van der Waals surface area contributed by atoms with Gasteiger partial charge in [-0.2, -0.15) is 4.31 Å². The van der Waals surface area contributed by atoms with Gasteiger partial charge in [-0.1, -0.05) is 54.7 Å². The second-order valence-electron chi connectivity index (χ2n) is 8.91. The molecule has 3 nitrogen and oxygen atoms in total. The summed E-state index contributed by atoms with van der Waals surface area (Å²) < 4.78 is 28.9. The Morgan fingerprint density at radius 1 is 0.931 bits per heavy atom. The number of hydrogen-bond donors (Lipinski definition) is 0. The van der Waals surface area contributed by atoms with Crippen LogP contribution in [0.1, 0.15) is 49.7 Å². The van der Waals surface area contributed by atoms with Crippen molar-refractivity contribution in [2.75, 3.05) is 12.3 Å². The summed E-state index contributed by atoms with van der Waals surface area (Å²) in [6, 6.07) is 15.9. The zero-order valence-corrected chi connectivity index (χ0v) is 19.1. The maximum absolute atomic E-state index is 13.6. The molecule has 0 radical (unpaired) electrons. The minimum atomic E-state index is -3.47. The van der Waals surface area contributed by atoms with Gasteiger partial charge in [-0.15, -0.1) is 11.8 Å². The van der Waals surface area contributed by atoms with E-state index in [0.717, 1.165) is 17.7 Å². The Kier molecular flexibility index (Phi) is 6.10. The highest BCUT2D eigenvalue weighted by atomic mass is 32.2. The molecular weight excluding hydrogens is 398 g/mol. The maximum atomic E-state index is 13.6. The fourth-order valence-corrected chi connectivity index (χ4v) is 7.73. The Hall–Kier alpha value is -1.30. The van der Waals surface area contributed by atoms with Crippen LogP contribution in [0.15, 0.2) is 58.3 Å². The second-order valence-corrected chi connectivity index (χ2v) is 11.9. The molecule has 1 aliphatic carbocycles. The summed E-state index contributed by atoms with van der Waals surface area (Å²) in [5.74, 6) is 0.815. The molecule has 1 spiro atoms. The van der Waals surface area contributed by atoms with Crippen molar-refractivity contribution < 1.29 is 8.42 Å². The lowest BCUT2D eigenvalue weighted by molar-refractivity contribution is 0.205. The van der Waals surface area contributed by atoms with Crippen LogP contribution in [0.4, 0.5) is 0 Å². The van der Waals surface area contributed by atoms with E-state index >= 15 is 0 Å². The first-order chi connectivity index (χ1) is 13.9. The van der Waals surface area contributed by atoms with E-state index in [2.05, 4.69) is 31.2 Å². The lowest BCUT2D eigenvalue weighted by Gasteiger charge is -2.33. The highest BCUT2D eigenvalue weighted by molar-refractivity contribution is 7.99. The zero-order chi connectivity index (χ0) is 20.5. The predicted octanol–water partition coefficient (Wildman–Crippen LogP) is 5.81. The average molecular weight is 430 g/mol. The minimum Gasteiger partial charge on any atom is -0.207 e. The summed E-state index contributed by atoms with van der Waals surface area (Å²) in [6.07, 6.45) is 7.08. The van der Waals surface area contributed by atoms with Crippen LogP contribution in [0, 0.1) is 19.3 Å². The Balaban J connectivity index is 1.59. The summed E-state index contributed by atoms with van der Waals surface area (Å²) in [6.45, 7) is 4.76. The lowest BCUT2D eigenvalue weighted by atomic mass is 9.73. The number of benzene rings is 2. The molecule has 2 aromatic carbocycles. The summed E-state index contributed by atoms with van der Waals surface area (Å²) >= 11 is 1.79. The number of nitrogens with zero attached hydrogens (tertiary/aromatic N) is 1. The Morgan fingerprint density at radius 2 is 1.52 bits per heavy atom. The van der Waals surface area contributed by atoms with Gasteiger partial charge >= 0.3 is 0 Å². The van der Waals surface area contributed by atoms with Gasteiger partial charge in [0.1, 0.15) is 0 Å². The van der Waals surface area contributed by atoms with Crippen LogP contribution in [-0.4, -0.2) is 31.1 Å². The minimum absolute atomic E-state index is 0.0608. The molecule has 5 heteroatoms. The van der Waals surface area contributed by atoms with E-state index in [9.17, 15) is 8.42 Å². The first kappa shape index (κ1) is 21.0. The van der Waals surface area contributed by atoms with E-state index in [1.165, 1.54) is 42.6 Å². The predicted molar refractivity (Wildman–Crippen MR) is 121 cm³/mol. The van der Waals surface area contributed by atoms with Crippen LogP contribution in [0.25, 0.3) is 0 Å². The van der Waals surface area contributed by atoms with Gasteiger partial charge in [0.05, 0.1) is 4.90 Å². The summed E-state index contributed by atoms with van der Waals surface area (Å²) in [4.78, 5) is 1.65. The Labute approximate surface area is 179 Å². The first-order valence-electron chi connectivity index (χ1n) is 10.7. The number of thioether (sulfide) groups is 1. The average Bonchev–Trinajstić information content (AvgIpc) is 3.07. The topological polar surface area (TPSA) is 37.4 Å². The standard InChI is InChI=1S/C24H31NO2S2/c1-19-6-10-22(11-7-19)28-17-21-16-24(14-4-3-5-15-24)18-25(21)29(26,27)23-12-8-20(2)9-13-23/h6-13,21H,3-5,14-18H2,1-2H3. The molecule has 1 heterocycles. The van der Waals surface area contributed by atoms with Crippen LogP contribution in [0.3, 0.4) is 0 Å². The molecule has 2 fully saturated rings. The van der Waals surface area contributed by atoms with Crippen molar-refractivity contribution in [1.29, 1.82) is 0 Å². The molecule has 0 bridgehead atoms. The third-order valence-corrected chi connectivity index (χ3v) is 9.64. The van der Waals surface area contributed by atoms with Gasteiger partial charge in [-0.3, -0.25) is 0 Å². The van der Waals surface area contributed by atoms with E-state index in [1.54, 1.807) is 23.9 Å². The summed E-state index contributed by atoms with van der Waals surface area (Å²) in [7, 11) is -3.47. The quantitative estimate of drug-likeness (QED) is 0.563. The van der Waals surface area contributed by atoms with E-state index in [4.69, 9.17) is 0 Å². The van der Waals surface area contributed by atoms with Crippen molar-refractivity contribution in [3.8, 4) is 0 Å². The fraction of sp³-hybridized carbons (Fsp3) is 0.500. The Morgan fingerprint density at radius 3 is 2.14 bits per heavy atom. The van der Waals surface area contributed by atoms with E-state index in [1.807, 2.05) is 23.4 Å². The third-order valence-electron chi connectivity index (χ3n) is 6.57. The number of aryl methyl sites for hydroxylation is 2. The molecule has 1 unspecified atom stereocenters. The summed E-state index contributed by atoms with van der Waals surface area (Å²) in [5, 5.41) is 0. The van der Waals surface area contributed by atoms with Gasteiger partial charge in [0.2, 0.25) is 10.0 Å². The molecule has 1 atom stereocenters. The monoisotopic (exact) mass is 429 g/mol. The van der Waals surface area contributed by atoms with E-state index in [-0.39, 0.29) is 11.5 Å². The molecule has 1 saturated heterocycles. The van der Waals surface area contributed by atoms with Crippen LogP contribution >= 0.6 is 11.8 Å². The molecule has 2 aromatic rings. The zero-order valence-electron chi connectivity index (χ0n) is 17.4. The van der Waals surface area contributed by atoms with Crippen LogP contribution in [0.2, 0.25) is 0 Å². The first-order valence-corrected chi connectivity index (χ1v) is 13.1. The molecule has 0 N–H and O–H groups in total. The maximum Gasteiger partial charge on any atom is 0.243 e. The normalized spacial score (nSPS) is 22.2. The fourth-order valence-electron chi connectivity index (χ4n) is 4.89. The summed E-state index contributed by atoms with van der Waals surface area (Å²) in [5.41, 5.74) is 2.51. The lowest BCUT2D eigenvalue weighted by Crippen LogP contribution is -2.38. The van der Waals surface area contributed by atoms with Crippen LogP contribution < -0.4 is 0 Å². The number of rotatable bonds is 5. The molecule has 0 amide bonds. The SMILES string of the molecule is Cc1ccc(SCC2CC3(CCCCC3)CN2S(=O)(=O)c2ccc(C)cc2)cc1. The largest absolute Gasteiger partial charge is 0.243 e. The Bertz CT molecular complexity index is 930. The second kappa shape index (κ2) is 8.44. The van der Waals surface area contributed by atoms with E-state index < -0.39 is 10.0 Å². The molecule has 156 valence electrons. The van der Waals surface area contributed by atoms with Gasteiger partial charge in [0.15, 0.2) is 0 Å². The van der Waals surface area contributed by atoms with E-state index in [0.29, 0.717) is 11.4 Å². The molecule has 1 aliphatic heterocycles. The van der Waals surface area contributed by atoms with Crippen molar-refractivity contribution >= 4 is 21.8 Å². The van der Waals surface area contributed by atoms with Crippen molar-refractivity contribution in [2.45, 2.75) is 68.2 Å². The number of sulfonamides is 1. The van der Waals surface area contributed by atoms with Gasteiger partial charge in [0.25, 0.3) is 0 Å². The third kappa shape index (κ3) is 4.57. The van der Waals surface area contributed by atoms with Gasteiger partial charge in [-0.05, 0) is 62.8 Å². The molecule has 1 saturated carbocycles. The van der Waals surface area contributed by atoms with Crippen molar-refractivity contribution in [3.63, 3.8) is 0 Å². The smallest absolute Gasteiger partial charge is 0.207 e. The molecule has 2 aliphatic rings. The van der Waals surface area contributed by atoms with Gasteiger partial charge < -0.3 is 0 Å². The van der Waals surface area contributed by atoms with Gasteiger partial charge in [-0.25, -0.2) is 8.42 Å². The molecule has 0 aromatic heterocycles. The van der Waals surface area contributed by atoms with Crippen LogP contribution in [-0.2, 0) is 10.0 Å². The van der Waals surface area contributed by atoms with Crippen molar-refractivity contribution in [2.24, 2.45) is 5.41 Å². The highest BCUT2D eigenvalue weighted by Crippen LogP contribution is 2.48. The molecule has 4 rings (SSSR count). The van der Waals surface area contributed by atoms with Crippen LogP contribution in [0.5, 0.6) is 0 Å². The van der Waals surface area contributed by atoms with Crippen molar-refractivity contribution in [3.05, 3.63) is 59.7 Å². The molecule has 29 heavy (non-hydrogen) atoms. The highest BCUT2D eigenvalue weighted by Gasteiger charge is 2.48. The number of hydrogen-bond acceptors (Lipinski definition) is 3. The van der Waals surface area contributed by atoms with Crippen molar-refractivity contribution in [1.82, 2.24) is 4.31 Å². The molecular formula is C24H31NO2S2.